The van der Waals surface area contributed by atoms with Crippen LogP contribution in [-0.4, -0.2) is 35.7 Å². The van der Waals surface area contributed by atoms with Gasteiger partial charge in [0.05, 0.1) is 0 Å². The molecule has 1 aromatic carbocycles. The normalized spacial score (nSPS) is 25.0. The van der Waals surface area contributed by atoms with E-state index in [0.717, 1.165) is 11.7 Å². The lowest BCUT2D eigenvalue weighted by atomic mass is 9.80. The summed E-state index contributed by atoms with van der Waals surface area (Å²) in [6.45, 7) is 8.21. The number of nitrogens with one attached hydrogen (secondary N) is 1. The quantitative estimate of drug-likeness (QED) is 0.868. The standard InChI is InChI=1S/C20H30N2O2/c1-20(2,3)24-19(23)21-17-9-5-15(6-10-17)16-7-11-18(12-8-16)22-13-4-14-22/h5-6,9-10,16,18H,4,7-8,11-14H2,1-3H3,(H,21,23). The summed E-state index contributed by atoms with van der Waals surface area (Å²) >= 11 is 0. The first kappa shape index (κ1) is 17.3. The largest absolute Gasteiger partial charge is 0.444 e. The average Bonchev–Trinajstić information content (AvgIpc) is 2.45. The molecule has 4 nitrogen and oxygen atoms in total. The van der Waals surface area contributed by atoms with Crippen LogP contribution < -0.4 is 5.32 Å². The monoisotopic (exact) mass is 330 g/mol. The first-order chi connectivity index (χ1) is 11.4. The highest BCUT2D eigenvalue weighted by Gasteiger charge is 2.29. The van der Waals surface area contributed by atoms with Crippen LogP contribution in [0.5, 0.6) is 0 Å². The van der Waals surface area contributed by atoms with Gasteiger partial charge in [0, 0.05) is 11.7 Å². The maximum atomic E-state index is 11.8. The van der Waals surface area contributed by atoms with Crippen LogP contribution in [0.3, 0.4) is 0 Å². The van der Waals surface area contributed by atoms with Crippen LogP contribution in [0.25, 0.3) is 0 Å². The Hall–Kier alpha value is -1.55. The van der Waals surface area contributed by atoms with Gasteiger partial charge in [-0.2, -0.15) is 0 Å². The Kier molecular flexibility index (Phi) is 5.14. The van der Waals surface area contributed by atoms with Crippen LogP contribution in [0.2, 0.25) is 0 Å². The Labute approximate surface area is 145 Å². The van der Waals surface area contributed by atoms with E-state index in [1.807, 2.05) is 32.9 Å². The lowest BCUT2D eigenvalue weighted by Crippen LogP contribution is -2.46. The summed E-state index contributed by atoms with van der Waals surface area (Å²) < 4.78 is 5.28. The third-order valence-electron chi connectivity index (χ3n) is 5.13. The van der Waals surface area contributed by atoms with Crippen molar-refractivity contribution in [3.8, 4) is 0 Å². The van der Waals surface area contributed by atoms with Gasteiger partial charge in [-0.05, 0) is 89.6 Å². The van der Waals surface area contributed by atoms with Crippen molar-refractivity contribution < 1.29 is 9.53 Å². The number of likely N-dealkylation sites (tertiary alicyclic amines) is 1. The van der Waals surface area contributed by atoms with E-state index >= 15 is 0 Å². The van der Waals surface area contributed by atoms with Gasteiger partial charge in [-0.15, -0.1) is 0 Å². The fourth-order valence-corrected chi connectivity index (χ4v) is 3.74. The molecule has 0 radical (unpaired) electrons. The van der Waals surface area contributed by atoms with E-state index in [9.17, 15) is 4.79 Å². The smallest absolute Gasteiger partial charge is 0.412 e. The van der Waals surface area contributed by atoms with Crippen LogP contribution >= 0.6 is 0 Å². The molecule has 0 atom stereocenters. The molecular weight excluding hydrogens is 300 g/mol. The number of rotatable bonds is 3. The second-order valence-corrected chi connectivity index (χ2v) is 8.14. The fraction of sp³-hybridized carbons (Fsp3) is 0.650. The van der Waals surface area contributed by atoms with Gasteiger partial charge in [0.2, 0.25) is 0 Å². The molecule has 1 saturated heterocycles. The number of anilines is 1. The van der Waals surface area contributed by atoms with Gasteiger partial charge >= 0.3 is 6.09 Å². The molecule has 1 amide bonds. The van der Waals surface area contributed by atoms with Crippen molar-refractivity contribution in [2.24, 2.45) is 0 Å². The average molecular weight is 330 g/mol. The molecule has 0 spiro atoms. The number of nitrogens with zero attached hydrogens (tertiary/aromatic N) is 1. The molecule has 0 bridgehead atoms. The predicted molar refractivity (Wildman–Crippen MR) is 97.5 cm³/mol. The van der Waals surface area contributed by atoms with E-state index < -0.39 is 11.7 Å². The summed E-state index contributed by atoms with van der Waals surface area (Å²) in [7, 11) is 0. The van der Waals surface area contributed by atoms with Gasteiger partial charge in [0.15, 0.2) is 0 Å². The summed E-state index contributed by atoms with van der Waals surface area (Å²) in [5.74, 6) is 0.665. The zero-order valence-electron chi connectivity index (χ0n) is 15.2. The first-order valence-corrected chi connectivity index (χ1v) is 9.25. The predicted octanol–water partition coefficient (Wildman–Crippen LogP) is 4.77. The van der Waals surface area contributed by atoms with Gasteiger partial charge in [0.25, 0.3) is 0 Å². The Bertz CT molecular complexity index is 550. The van der Waals surface area contributed by atoms with E-state index in [0.29, 0.717) is 5.92 Å². The molecule has 1 aliphatic heterocycles. The second-order valence-electron chi connectivity index (χ2n) is 8.14. The number of hydrogen-bond acceptors (Lipinski definition) is 3. The lowest BCUT2D eigenvalue weighted by Gasteiger charge is -2.42. The Balaban J connectivity index is 1.50. The van der Waals surface area contributed by atoms with Crippen molar-refractivity contribution in [1.29, 1.82) is 0 Å². The Morgan fingerprint density at radius 2 is 1.71 bits per heavy atom. The SMILES string of the molecule is CC(C)(C)OC(=O)Nc1ccc(C2CCC(N3CCC3)CC2)cc1. The van der Waals surface area contributed by atoms with Crippen molar-refractivity contribution in [2.75, 3.05) is 18.4 Å². The fourth-order valence-electron chi connectivity index (χ4n) is 3.74. The third-order valence-corrected chi connectivity index (χ3v) is 5.13. The highest BCUT2D eigenvalue weighted by Crippen LogP contribution is 2.36. The zero-order valence-corrected chi connectivity index (χ0v) is 15.2. The van der Waals surface area contributed by atoms with Crippen molar-refractivity contribution in [1.82, 2.24) is 4.90 Å². The van der Waals surface area contributed by atoms with Crippen molar-refractivity contribution in [3.05, 3.63) is 29.8 Å². The highest BCUT2D eigenvalue weighted by molar-refractivity contribution is 5.84. The van der Waals surface area contributed by atoms with Crippen LogP contribution in [0, 0.1) is 0 Å². The summed E-state index contributed by atoms with van der Waals surface area (Å²) in [6, 6.07) is 9.10. The van der Waals surface area contributed by atoms with Gasteiger partial charge in [0.1, 0.15) is 5.60 Å². The van der Waals surface area contributed by atoms with E-state index in [4.69, 9.17) is 4.74 Å². The minimum absolute atomic E-state index is 0.398. The second kappa shape index (κ2) is 7.14. The maximum Gasteiger partial charge on any atom is 0.412 e. The number of carbonyl (C=O) groups excluding carboxylic acids is 1. The summed E-state index contributed by atoms with van der Waals surface area (Å²) in [5, 5.41) is 2.80. The third kappa shape index (κ3) is 4.50. The number of benzene rings is 1. The van der Waals surface area contributed by atoms with E-state index in [2.05, 4.69) is 22.3 Å². The van der Waals surface area contributed by atoms with E-state index in [-0.39, 0.29) is 0 Å². The highest BCUT2D eigenvalue weighted by atomic mass is 16.6. The van der Waals surface area contributed by atoms with Gasteiger partial charge in [-0.3, -0.25) is 5.32 Å². The minimum atomic E-state index is -0.473. The number of ether oxygens (including phenoxy) is 1. The van der Waals surface area contributed by atoms with Crippen molar-refractivity contribution in [3.63, 3.8) is 0 Å². The van der Waals surface area contributed by atoms with Crippen LogP contribution in [-0.2, 0) is 4.74 Å². The summed E-state index contributed by atoms with van der Waals surface area (Å²) in [4.78, 5) is 14.5. The minimum Gasteiger partial charge on any atom is -0.444 e. The zero-order chi connectivity index (χ0) is 17.2. The van der Waals surface area contributed by atoms with Crippen LogP contribution in [0.4, 0.5) is 10.5 Å². The molecule has 4 heteroatoms. The molecule has 132 valence electrons. The molecule has 1 saturated carbocycles. The lowest BCUT2D eigenvalue weighted by molar-refractivity contribution is 0.0636. The van der Waals surface area contributed by atoms with Crippen molar-refractivity contribution >= 4 is 11.8 Å². The molecule has 3 rings (SSSR count). The molecule has 1 heterocycles. The molecule has 0 aromatic heterocycles. The first-order valence-electron chi connectivity index (χ1n) is 9.25. The Morgan fingerprint density at radius 3 is 2.21 bits per heavy atom. The Morgan fingerprint density at radius 1 is 1.08 bits per heavy atom. The molecule has 1 aliphatic carbocycles. The number of carbonyl (C=O) groups is 1. The summed E-state index contributed by atoms with van der Waals surface area (Å²) in [6.07, 6.45) is 6.18. The molecular formula is C20H30N2O2. The van der Waals surface area contributed by atoms with Gasteiger partial charge < -0.3 is 9.64 Å². The molecule has 2 aliphatic rings. The molecule has 2 fully saturated rings. The van der Waals surface area contributed by atoms with Gasteiger partial charge in [-0.25, -0.2) is 4.79 Å². The van der Waals surface area contributed by atoms with Crippen LogP contribution in [0.15, 0.2) is 24.3 Å². The van der Waals surface area contributed by atoms with Gasteiger partial charge in [-0.1, -0.05) is 12.1 Å². The summed E-state index contributed by atoms with van der Waals surface area (Å²) in [5.41, 5.74) is 1.72. The molecule has 1 N–H and O–H groups in total. The number of hydrogen-bond donors (Lipinski definition) is 1. The molecule has 1 aromatic rings. The van der Waals surface area contributed by atoms with E-state index in [1.165, 1.54) is 50.8 Å². The van der Waals surface area contributed by atoms with E-state index in [1.54, 1.807) is 0 Å². The maximum absolute atomic E-state index is 11.8. The van der Waals surface area contributed by atoms with Crippen LogP contribution in [0.1, 0.15) is 64.4 Å². The number of amides is 1. The van der Waals surface area contributed by atoms with Crippen molar-refractivity contribution in [2.45, 2.75) is 70.4 Å². The molecule has 24 heavy (non-hydrogen) atoms. The molecule has 0 unspecified atom stereocenters. The topological polar surface area (TPSA) is 41.6 Å².